The SMILES string of the molecule is C=CCN(CC(C)O)C(=O)OCC.COS(=O)(=O)O. The van der Waals surface area contributed by atoms with Crippen molar-refractivity contribution in [2.75, 3.05) is 26.8 Å². The van der Waals surface area contributed by atoms with Crippen LogP contribution in [0.5, 0.6) is 0 Å². The van der Waals surface area contributed by atoms with Crippen molar-refractivity contribution in [1.29, 1.82) is 0 Å². The standard InChI is InChI=1S/C9H17NO3.CH4O4S/c1-4-6-10(7-8(3)11)9(12)13-5-2;1-5-6(2,3)4/h4,8,11H,1,5-7H2,2-3H3;1H3,(H,2,3,4). The average Bonchev–Trinajstić information content (AvgIpc) is 2.28. The fourth-order valence-corrected chi connectivity index (χ4v) is 0.913. The van der Waals surface area contributed by atoms with E-state index in [2.05, 4.69) is 10.8 Å². The lowest BCUT2D eigenvalue weighted by Crippen LogP contribution is -2.37. The topological polar surface area (TPSA) is 113 Å². The van der Waals surface area contributed by atoms with Gasteiger partial charge in [-0.1, -0.05) is 6.08 Å². The maximum absolute atomic E-state index is 11.2. The summed E-state index contributed by atoms with van der Waals surface area (Å²) in [5.74, 6) is 0. The van der Waals surface area contributed by atoms with Crippen LogP contribution in [0, 0.1) is 0 Å². The van der Waals surface area contributed by atoms with Crippen molar-refractivity contribution in [2.24, 2.45) is 0 Å². The minimum atomic E-state index is -4.16. The van der Waals surface area contributed by atoms with Gasteiger partial charge in [0.25, 0.3) is 0 Å². The third-order valence-electron chi connectivity index (χ3n) is 1.57. The van der Waals surface area contributed by atoms with E-state index >= 15 is 0 Å². The molecule has 19 heavy (non-hydrogen) atoms. The molecule has 1 unspecified atom stereocenters. The third-order valence-corrected chi connectivity index (χ3v) is 1.99. The predicted molar refractivity (Wildman–Crippen MR) is 69.0 cm³/mol. The molecule has 0 saturated carbocycles. The Labute approximate surface area is 113 Å². The number of rotatable bonds is 6. The van der Waals surface area contributed by atoms with Gasteiger partial charge in [-0.15, -0.1) is 6.58 Å². The summed E-state index contributed by atoms with van der Waals surface area (Å²) >= 11 is 0. The molecule has 0 saturated heterocycles. The molecular formula is C10H21NO7S. The molecule has 9 heteroatoms. The Hall–Kier alpha value is -1.16. The molecule has 1 amide bonds. The fraction of sp³-hybridized carbons (Fsp3) is 0.700. The summed E-state index contributed by atoms with van der Waals surface area (Å²) in [5, 5.41) is 9.08. The van der Waals surface area contributed by atoms with Gasteiger partial charge in [-0.3, -0.25) is 8.74 Å². The van der Waals surface area contributed by atoms with E-state index in [1.807, 2.05) is 0 Å². The first-order valence-electron chi connectivity index (χ1n) is 5.41. The van der Waals surface area contributed by atoms with Gasteiger partial charge in [-0.2, -0.15) is 8.42 Å². The van der Waals surface area contributed by atoms with E-state index in [0.29, 0.717) is 13.2 Å². The van der Waals surface area contributed by atoms with Crippen LogP contribution < -0.4 is 0 Å². The number of carbonyl (C=O) groups excluding carboxylic acids is 1. The lowest BCUT2D eigenvalue weighted by atomic mass is 10.3. The number of aliphatic hydroxyl groups is 1. The second kappa shape index (κ2) is 10.7. The normalized spacial score (nSPS) is 11.8. The second-order valence-electron chi connectivity index (χ2n) is 3.34. The Morgan fingerprint density at radius 1 is 1.53 bits per heavy atom. The molecule has 0 aromatic heterocycles. The summed E-state index contributed by atoms with van der Waals surface area (Å²) in [6.07, 6.45) is 0.631. The van der Waals surface area contributed by atoms with Gasteiger partial charge >= 0.3 is 16.5 Å². The highest BCUT2D eigenvalue weighted by Crippen LogP contribution is 1.97. The lowest BCUT2D eigenvalue weighted by Gasteiger charge is -2.21. The van der Waals surface area contributed by atoms with E-state index in [-0.39, 0.29) is 6.54 Å². The fourth-order valence-electron chi connectivity index (χ4n) is 0.913. The molecule has 1 atom stereocenters. The predicted octanol–water partition coefficient (Wildman–Crippen LogP) is 0.447. The maximum Gasteiger partial charge on any atom is 0.410 e. The Balaban J connectivity index is 0. The molecule has 0 aliphatic carbocycles. The van der Waals surface area contributed by atoms with Crippen LogP contribution in [-0.4, -0.2) is 62.0 Å². The molecule has 0 fully saturated rings. The van der Waals surface area contributed by atoms with Gasteiger partial charge in [0.05, 0.1) is 19.8 Å². The van der Waals surface area contributed by atoms with Crippen molar-refractivity contribution < 1.29 is 31.8 Å². The Kier molecular flexibility index (Phi) is 11.4. The number of carbonyl (C=O) groups is 1. The molecule has 2 N–H and O–H groups in total. The first-order valence-corrected chi connectivity index (χ1v) is 6.78. The molecule has 0 radical (unpaired) electrons. The molecule has 0 aliphatic heterocycles. The zero-order chi connectivity index (χ0) is 15.5. The van der Waals surface area contributed by atoms with Crippen LogP contribution in [0.15, 0.2) is 12.7 Å². The van der Waals surface area contributed by atoms with Gasteiger partial charge in [0.2, 0.25) is 0 Å². The maximum atomic E-state index is 11.2. The summed E-state index contributed by atoms with van der Waals surface area (Å²) in [7, 11) is -3.29. The molecule has 0 aromatic carbocycles. The van der Waals surface area contributed by atoms with Crippen LogP contribution >= 0.6 is 0 Å². The summed E-state index contributed by atoms with van der Waals surface area (Å²) in [6.45, 7) is 7.88. The molecule has 8 nitrogen and oxygen atoms in total. The van der Waals surface area contributed by atoms with Gasteiger partial charge in [-0.25, -0.2) is 4.79 Å². The molecular weight excluding hydrogens is 278 g/mol. The zero-order valence-corrected chi connectivity index (χ0v) is 12.1. The molecule has 0 aliphatic rings. The smallest absolute Gasteiger partial charge is 0.410 e. The number of hydrogen-bond acceptors (Lipinski definition) is 6. The van der Waals surface area contributed by atoms with Crippen LogP contribution in [0.4, 0.5) is 4.79 Å². The molecule has 0 spiro atoms. The highest BCUT2D eigenvalue weighted by molar-refractivity contribution is 7.80. The van der Waals surface area contributed by atoms with E-state index in [9.17, 15) is 13.2 Å². The summed E-state index contributed by atoms with van der Waals surface area (Å²) in [5.41, 5.74) is 0. The number of ether oxygens (including phenoxy) is 1. The number of amides is 1. The largest absolute Gasteiger partial charge is 0.450 e. The van der Waals surface area contributed by atoms with Crippen LogP contribution in [0.25, 0.3) is 0 Å². The van der Waals surface area contributed by atoms with E-state index in [1.165, 1.54) is 4.90 Å². The van der Waals surface area contributed by atoms with Crippen molar-refractivity contribution in [3.63, 3.8) is 0 Å². The van der Waals surface area contributed by atoms with E-state index in [4.69, 9.17) is 14.4 Å². The van der Waals surface area contributed by atoms with Crippen LogP contribution in [0.3, 0.4) is 0 Å². The van der Waals surface area contributed by atoms with Gasteiger partial charge in [-0.05, 0) is 13.8 Å². The molecule has 0 rings (SSSR count). The van der Waals surface area contributed by atoms with Crippen molar-refractivity contribution in [3.8, 4) is 0 Å². The molecule has 0 aromatic rings. The Morgan fingerprint density at radius 2 is 2.00 bits per heavy atom. The Bertz CT molecular complexity index is 353. The number of hydrogen-bond donors (Lipinski definition) is 2. The van der Waals surface area contributed by atoms with Gasteiger partial charge in [0.15, 0.2) is 0 Å². The van der Waals surface area contributed by atoms with E-state index in [1.54, 1.807) is 19.9 Å². The lowest BCUT2D eigenvalue weighted by molar-refractivity contribution is 0.0859. The second-order valence-corrected chi connectivity index (χ2v) is 4.52. The summed E-state index contributed by atoms with van der Waals surface area (Å²) < 4.78 is 34.5. The van der Waals surface area contributed by atoms with Crippen LogP contribution in [-0.2, 0) is 19.3 Å². The minimum Gasteiger partial charge on any atom is -0.450 e. The van der Waals surface area contributed by atoms with Crippen molar-refractivity contribution in [3.05, 3.63) is 12.7 Å². The number of aliphatic hydroxyl groups excluding tert-OH is 1. The highest BCUT2D eigenvalue weighted by Gasteiger charge is 2.14. The molecule has 0 heterocycles. The summed E-state index contributed by atoms with van der Waals surface area (Å²) in [4.78, 5) is 12.6. The first-order chi connectivity index (χ1) is 8.67. The minimum absolute atomic E-state index is 0.269. The number of nitrogens with zero attached hydrogens (tertiary/aromatic N) is 1. The molecule has 0 bridgehead atoms. The van der Waals surface area contributed by atoms with Crippen LogP contribution in [0.1, 0.15) is 13.8 Å². The zero-order valence-electron chi connectivity index (χ0n) is 11.3. The molecule has 114 valence electrons. The Morgan fingerprint density at radius 3 is 2.26 bits per heavy atom. The van der Waals surface area contributed by atoms with Crippen molar-refractivity contribution in [2.45, 2.75) is 20.0 Å². The van der Waals surface area contributed by atoms with Crippen molar-refractivity contribution in [1.82, 2.24) is 4.90 Å². The monoisotopic (exact) mass is 299 g/mol. The van der Waals surface area contributed by atoms with Gasteiger partial charge in [0, 0.05) is 13.1 Å². The van der Waals surface area contributed by atoms with Gasteiger partial charge in [0.1, 0.15) is 0 Å². The quantitative estimate of drug-likeness (QED) is 0.540. The van der Waals surface area contributed by atoms with Gasteiger partial charge < -0.3 is 14.7 Å². The van der Waals surface area contributed by atoms with E-state index in [0.717, 1.165) is 7.11 Å². The highest BCUT2D eigenvalue weighted by atomic mass is 32.3. The summed E-state index contributed by atoms with van der Waals surface area (Å²) in [6, 6.07) is 0. The van der Waals surface area contributed by atoms with E-state index < -0.39 is 22.6 Å². The first kappa shape index (κ1) is 20.2. The van der Waals surface area contributed by atoms with Crippen LogP contribution in [0.2, 0.25) is 0 Å². The average molecular weight is 299 g/mol. The third kappa shape index (κ3) is 14.8. The van der Waals surface area contributed by atoms with Crippen molar-refractivity contribution >= 4 is 16.5 Å².